The van der Waals surface area contributed by atoms with E-state index in [4.69, 9.17) is 33.3 Å². The quantitative estimate of drug-likeness (QED) is 0.406. The van der Waals surface area contributed by atoms with Gasteiger partial charge in [0, 0.05) is 29.3 Å². The number of halogens is 1. The molecular weight excluding hydrogens is 456 g/mol. The number of unbranched alkanes of at least 4 members (excludes halogenated alkanes) is 2. The lowest BCUT2D eigenvalue weighted by atomic mass is 10.2. The highest BCUT2D eigenvalue weighted by Crippen LogP contribution is 2.27. The Kier molecular flexibility index (Phi) is 6.41. The molecule has 0 aliphatic carbocycles. The van der Waals surface area contributed by atoms with Crippen LogP contribution in [0.5, 0.6) is 5.88 Å². The van der Waals surface area contributed by atoms with Crippen LogP contribution >= 0.6 is 35.2 Å². The Morgan fingerprint density at radius 3 is 2.90 bits per heavy atom. The Morgan fingerprint density at radius 2 is 2.10 bits per heavy atom. The molecule has 9 heteroatoms. The molecule has 3 heterocycles. The molecule has 3 aromatic rings. The Morgan fingerprint density at radius 1 is 1.26 bits per heavy atom. The van der Waals surface area contributed by atoms with Crippen LogP contribution in [-0.2, 0) is 11.3 Å². The van der Waals surface area contributed by atoms with Gasteiger partial charge in [0.05, 0.1) is 10.2 Å². The standard InChI is InChI=1S/C22H19ClN2O4S2/c23-14-5-7-16-13(10-14)11-17(24-16)18-8-6-15(29-18)12-19-21(28)25(22(30)31-19)9-3-1-2-4-20(26)27/h5-8,10-12,28H,1-4,9H2,(H,26,27)/b15-12+,18-17+. The minimum atomic E-state index is -0.793. The minimum Gasteiger partial charge on any atom is -0.493 e. The van der Waals surface area contributed by atoms with Crippen molar-refractivity contribution in [1.82, 2.24) is 4.57 Å². The number of furan rings is 1. The number of aromatic nitrogens is 1. The van der Waals surface area contributed by atoms with E-state index in [1.165, 1.54) is 11.3 Å². The Hall–Kier alpha value is -2.68. The van der Waals surface area contributed by atoms with Gasteiger partial charge in [-0.1, -0.05) is 18.0 Å². The second-order valence-electron chi connectivity index (χ2n) is 7.10. The summed E-state index contributed by atoms with van der Waals surface area (Å²) < 4.78 is 8.16. The maximum atomic E-state index is 10.6. The fourth-order valence-corrected chi connectivity index (χ4v) is 4.78. The van der Waals surface area contributed by atoms with Gasteiger partial charge < -0.3 is 14.6 Å². The SMILES string of the molecule is O=C(O)CCCCCn1c(O)c(/C=c2\cc/c(=C3/C=c4cc(Cl)ccc4=N3)o2)sc1=S. The first-order chi connectivity index (χ1) is 14.9. The second kappa shape index (κ2) is 9.21. The van der Waals surface area contributed by atoms with Crippen LogP contribution in [0.3, 0.4) is 0 Å². The number of aliphatic carboxylic acids is 1. The van der Waals surface area contributed by atoms with E-state index in [1.54, 1.807) is 16.7 Å². The van der Waals surface area contributed by atoms with Crippen LogP contribution < -0.4 is 21.4 Å². The molecule has 1 aromatic carbocycles. The molecule has 2 aromatic heterocycles. The summed E-state index contributed by atoms with van der Waals surface area (Å²) >= 11 is 12.7. The summed E-state index contributed by atoms with van der Waals surface area (Å²) in [5.74, 6) is -0.698. The van der Waals surface area contributed by atoms with Crippen molar-refractivity contribution in [3.63, 3.8) is 0 Å². The Balaban J connectivity index is 1.56. The van der Waals surface area contributed by atoms with Crippen molar-refractivity contribution in [3.05, 3.63) is 65.6 Å². The normalized spacial score (nSPS) is 14.9. The highest BCUT2D eigenvalue weighted by Gasteiger charge is 2.11. The number of thiazole rings is 1. The lowest BCUT2D eigenvalue weighted by Crippen LogP contribution is -2.20. The lowest BCUT2D eigenvalue weighted by Gasteiger charge is -2.04. The molecule has 2 N–H and O–H groups in total. The number of hydrogen-bond acceptors (Lipinski definition) is 6. The number of benzene rings is 1. The second-order valence-corrected chi connectivity index (χ2v) is 9.21. The van der Waals surface area contributed by atoms with Gasteiger partial charge in [0.25, 0.3) is 0 Å². The molecule has 0 bridgehead atoms. The van der Waals surface area contributed by atoms with Crippen LogP contribution in [0.25, 0.3) is 17.8 Å². The van der Waals surface area contributed by atoms with Crippen LogP contribution in [0.4, 0.5) is 0 Å². The zero-order valence-electron chi connectivity index (χ0n) is 16.4. The van der Waals surface area contributed by atoms with Crippen LogP contribution in [-0.4, -0.2) is 20.7 Å². The summed E-state index contributed by atoms with van der Waals surface area (Å²) in [6.45, 7) is 0.546. The Bertz CT molecular complexity index is 1450. The first-order valence-electron chi connectivity index (χ1n) is 9.73. The molecule has 160 valence electrons. The summed E-state index contributed by atoms with van der Waals surface area (Å²) in [7, 11) is 0. The number of carbonyl (C=O) groups is 1. The third-order valence-corrected chi connectivity index (χ3v) is 6.46. The number of aromatic hydroxyl groups is 1. The predicted molar refractivity (Wildman–Crippen MR) is 123 cm³/mol. The highest BCUT2D eigenvalue weighted by molar-refractivity contribution is 7.73. The topological polar surface area (TPSA) is 88.0 Å². The Labute approximate surface area is 191 Å². The maximum Gasteiger partial charge on any atom is 0.303 e. The van der Waals surface area contributed by atoms with Gasteiger partial charge in [0.15, 0.2) is 9.37 Å². The molecular formula is C22H19ClN2O4S2. The van der Waals surface area contributed by atoms with Crippen molar-refractivity contribution in [2.75, 3.05) is 0 Å². The van der Waals surface area contributed by atoms with E-state index in [0.29, 0.717) is 43.3 Å². The van der Waals surface area contributed by atoms with Crippen molar-refractivity contribution in [2.45, 2.75) is 32.2 Å². The number of carboxylic acids is 1. The van der Waals surface area contributed by atoms with Crippen molar-refractivity contribution < 1.29 is 19.4 Å². The summed E-state index contributed by atoms with van der Waals surface area (Å²) in [6, 6.07) is 9.19. The summed E-state index contributed by atoms with van der Waals surface area (Å²) in [5, 5.41) is 21.7. The summed E-state index contributed by atoms with van der Waals surface area (Å²) in [6.07, 6.45) is 5.94. The number of hydrogen-bond donors (Lipinski definition) is 2. The van der Waals surface area contributed by atoms with Crippen molar-refractivity contribution in [1.29, 1.82) is 0 Å². The maximum absolute atomic E-state index is 10.6. The molecule has 0 radical (unpaired) electrons. The van der Waals surface area contributed by atoms with Crippen molar-refractivity contribution >= 4 is 59.0 Å². The zero-order chi connectivity index (χ0) is 22.0. The molecule has 0 unspecified atom stereocenters. The van der Waals surface area contributed by atoms with E-state index in [2.05, 4.69) is 4.99 Å². The lowest BCUT2D eigenvalue weighted by molar-refractivity contribution is -0.137. The molecule has 1 aliphatic rings. The van der Waals surface area contributed by atoms with Gasteiger partial charge in [0.1, 0.15) is 11.1 Å². The fourth-order valence-electron chi connectivity index (χ4n) is 3.30. The molecule has 1 aliphatic heterocycles. The molecule has 0 spiro atoms. The van der Waals surface area contributed by atoms with Crippen LogP contribution in [0.1, 0.15) is 30.6 Å². The van der Waals surface area contributed by atoms with Crippen LogP contribution in [0.15, 0.2) is 39.7 Å². The van der Waals surface area contributed by atoms with Crippen LogP contribution in [0.2, 0.25) is 5.02 Å². The molecule has 0 fully saturated rings. The molecule has 6 nitrogen and oxygen atoms in total. The number of carboxylic acid groups (broad SMARTS) is 1. The first-order valence-corrected chi connectivity index (χ1v) is 11.3. The number of fused-ring (bicyclic) bond motifs is 1. The largest absolute Gasteiger partial charge is 0.493 e. The van der Waals surface area contributed by atoms with Crippen molar-refractivity contribution in [3.8, 4) is 5.88 Å². The third kappa shape index (κ3) is 4.98. The van der Waals surface area contributed by atoms with E-state index >= 15 is 0 Å². The zero-order valence-corrected chi connectivity index (χ0v) is 18.8. The van der Waals surface area contributed by atoms with Gasteiger partial charge in [-0.15, -0.1) is 11.3 Å². The van der Waals surface area contributed by atoms with E-state index < -0.39 is 5.97 Å². The molecule has 0 saturated carbocycles. The van der Waals surface area contributed by atoms with Gasteiger partial charge in [-0.25, -0.2) is 4.99 Å². The fraction of sp³-hybridized carbons (Fsp3) is 0.227. The molecule has 0 atom stereocenters. The highest BCUT2D eigenvalue weighted by atomic mass is 35.5. The predicted octanol–water partition coefficient (Wildman–Crippen LogP) is 2.93. The molecule has 0 amide bonds. The number of nitrogens with zero attached hydrogens (tertiary/aromatic N) is 2. The van der Waals surface area contributed by atoms with E-state index in [0.717, 1.165) is 23.4 Å². The smallest absolute Gasteiger partial charge is 0.303 e. The first kappa shape index (κ1) is 21.5. The van der Waals surface area contributed by atoms with E-state index in [-0.39, 0.29) is 12.3 Å². The molecule has 0 saturated heterocycles. The van der Waals surface area contributed by atoms with E-state index in [9.17, 15) is 9.90 Å². The third-order valence-electron chi connectivity index (χ3n) is 4.84. The van der Waals surface area contributed by atoms with Crippen molar-refractivity contribution in [2.24, 2.45) is 4.99 Å². The molecule has 4 rings (SSSR count). The average molecular weight is 475 g/mol. The number of rotatable bonds is 7. The summed E-state index contributed by atoms with van der Waals surface area (Å²) in [5.41, 5.74) is 1.92. The van der Waals surface area contributed by atoms with Gasteiger partial charge in [-0.2, -0.15) is 0 Å². The van der Waals surface area contributed by atoms with Gasteiger partial charge in [-0.3, -0.25) is 9.36 Å². The van der Waals surface area contributed by atoms with Gasteiger partial charge in [0.2, 0.25) is 5.88 Å². The van der Waals surface area contributed by atoms with Gasteiger partial charge >= 0.3 is 5.97 Å². The van der Waals surface area contributed by atoms with E-state index in [1.807, 2.05) is 30.3 Å². The average Bonchev–Trinajstić information content (AvgIpc) is 3.41. The summed E-state index contributed by atoms with van der Waals surface area (Å²) in [4.78, 5) is 15.8. The minimum absolute atomic E-state index is 0.0954. The molecule has 31 heavy (non-hydrogen) atoms. The monoisotopic (exact) mass is 474 g/mol. The van der Waals surface area contributed by atoms with Crippen LogP contribution in [0, 0.1) is 3.95 Å². The van der Waals surface area contributed by atoms with Gasteiger partial charge in [-0.05, 0) is 61.5 Å².